The van der Waals surface area contributed by atoms with Crippen molar-refractivity contribution in [3.63, 3.8) is 0 Å². The van der Waals surface area contributed by atoms with Crippen molar-refractivity contribution in [2.24, 2.45) is 7.05 Å². The van der Waals surface area contributed by atoms with Gasteiger partial charge in [-0.3, -0.25) is 0 Å². The van der Waals surface area contributed by atoms with Crippen LogP contribution in [-0.4, -0.2) is 17.8 Å². The van der Waals surface area contributed by atoms with Crippen molar-refractivity contribution in [1.82, 2.24) is 4.57 Å². The highest BCUT2D eigenvalue weighted by Crippen LogP contribution is 2.28. The van der Waals surface area contributed by atoms with Gasteiger partial charge < -0.3 is 14.0 Å². The Morgan fingerprint density at radius 1 is 0.432 bits per heavy atom. The van der Waals surface area contributed by atoms with Crippen molar-refractivity contribution in [3.05, 3.63) is 61.0 Å². The lowest BCUT2D eigenvalue weighted by atomic mass is 10.1. The van der Waals surface area contributed by atoms with Gasteiger partial charge in [-0.1, -0.05) is 140 Å². The average molecular weight is 610 g/mol. The standard InChI is InChI=1S/C41H71NO2/c1-4-6-8-10-12-14-16-18-20-22-24-26-28-30-32-34-36-43-40-38-42(3)39-41(40)44-37-35-33-31-29-27-25-23-21-19-17-15-13-11-9-7-5-2/h12-15,18-21,38-39H,4-11,16-17,22-37H2,1-3H3/b14-12-,15-13-,20-18-,21-19-. The SMILES string of the molecule is CCCCC/C=C\C/C=C\CCCCCCCCOc1cn(C)cc1OCCCCCCCC/C=C\C/C=C\CCCCC. The van der Waals surface area contributed by atoms with Gasteiger partial charge in [-0.25, -0.2) is 0 Å². The lowest BCUT2D eigenvalue weighted by Gasteiger charge is -2.09. The maximum Gasteiger partial charge on any atom is 0.178 e. The molecule has 0 saturated carbocycles. The monoisotopic (exact) mass is 610 g/mol. The highest BCUT2D eigenvalue weighted by atomic mass is 16.5. The summed E-state index contributed by atoms with van der Waals surface area (Å²) in [6.45, 7) is 6.08. The summed E-state index contributed by atoms with van der Waals surface area (Å²) in [7, 11) is 2.04. The molecule has 0 saturated heterocycles. The second-order valence-corrected chi connectivity index (χ2v) is 12.5. The summed E-state index contributed by atoms with van der Waals surface area (Å²) < 4.78 is 14.2. The lowest BCUT2D eigenvalue weighted by Crippen LogP contribution is -2.01. The molecule has 0 aromatic carbocycles. The summed E-state index contributed by atoms with van der Waals surface area (Å²) in [5.41, 5.74) is 0. The molecule has 1 aromatic heterocycles. The predicted molar refractivity (Wildman–Crippen MR) is 195 cm³/mol. The molecule has 44 heavy (non-hydrogen) atoms. The molecule has 1 heterocycles. The van der Waals surface area contributed by atoms with Crippen LogP contribution < -0.4 is 9.47 Å². The molecule has 0 N–H and O–H groups in total. The number of aromatic nitrogens is 1. The molecule has 3 nitrogen and oxygen atoms in total. The van der Waals surface area contributed by atoms with Crippen LogP contribution >= 0.6 is 0 Å². The maximum absolute atomic E-state index is 6.09. The van der Waals surface area contributed by atoms with E-state index in [1.807, 2.05) is 24.0 Å². The molecular weight excluding hydrogens is 538 g/mol. The van der Waals surface area contributed by atoms with Crippen LogP contribution in [0.25, 0.3) is 0 Å². The van der Waals surface area contributed by atoms with Crippen molar-refractivity contribution in [2.45, 2.75) is 168 Å². The Kier molecular flexibility index (Phi) is 29.2. The molecule has 0 aliphatic heterocycles. The Bertz CT molecular complexity index is 779. The highest BCUT2D eigenvalue weighted by Gasteiger charge is 2.08. The van der Waals surface area contributed by atoms with Crippen molar-refractivity contribution in [2.75, 3.05) is 13.2 Å². The van der Waals surface area contributed by atoms with Gasteiger partial charge in [0, 0.05) is 19.4 Å². The quantitative estimate of drug-likeness (QED) is 0.0599. The first-order valence-corrected chi connectivity index (χ1v) is 18.8. The summed E-state index contributed by atoms with van der Waals surface area (Å²) in [6, 6.07) is 0. The Labute approximate surface area is 274 Å². The molecule has 0 atom stereocenters. The molecule has 252 valence electrons. The second-order valence-electron chi connectivity index (χ2n) is 12.5. The first-order valence-electron chi connectivity index (χ1n) is 18.8. The van der Waals surface area contributed by atoms with E-state index < -0.39 is 0 Å². The minimum absolute atomic E-state index is 0.778. The summed E-state index contributed by atoms with van der Waals surface area (Å²) in [5, 5.41) is 0. The van der Waals surface area contributed by atoms with E-state index in [4.69, 9.17) is 9.47 Å². The zero-order valence-corrected chi connectivity index (χ0v) is 29.4. The summed E-state index contributed by atoms with van der Waals surface area (Å²) in [6.07, 6.45) is 53.2. The minimum atomic E-state index is 0.778. The van der Waals surface area contributed by atoms with E-state index in [1.54, 1.807) is 0 Å². The van der Waals surface area contributed by atoms with Crippen molar-refractivity contribution in [1.29, 1.82) is 0 Å². The van der Waals surface area contributed by atoms with Gasteiger partial charge in [0.1, 0.15) is 0 Å². The van der Waals surface area contributed by atoms with Gasteiger partial charge in [0.05, 0.1) is 13.2 Å². The van der Waals surface area contributed by atoms with Gasteiger partial charge in [-0.05, 0) is 77.0 Å². The predicted octanol–water partition coefficient (Wildman–Crippen LogP) is 13.4. The minimum Gasteiger partial charge on any atom is -0.488 e. The van der Waals surface area contributed by atoms with Crippen molar-refractivity contribution < 1.29 is 9.47 Å². The van der Waals surface area contributed by atoms with Crippen molar-refractivity contribution >= 4 is 0 Å². The molecule has 3 heteroatoms. The molecule has 0 bridgehead atoms. The Hall–Kier alpha value is -2.16. The zero-order chi connectivity index (χ0) is 31.6. The van der Waals surface area contributed by atoms with Gasteiger partial charge in [0.2, 0.25) is 0 Å². The van der Waals surface area contributed by atoms with E-state index in [-0.39, 0.29) is 0 Å². The Morgan fingerprint density at radius 2 is 0.750 bits per heavy atom. The Morgan fingerprint density at radius 3 is 1.11 bits per heavy atom. The first kappa shape index (κ1) is 39.9. The fraction of sp³-hybridized carbons (Fsp3) is 0.707. The molecule has 1 aromatic rings. The van der Waals surface area contributed by atoms with Gasteiger partial charge in [0.15, 0.2) is 11.5 Å². The smallest absolute Gasteiger partial charge is 0.178 e. The van der Waals surface area contributed by atoms with Crippen LogP contribution in [0.1, 0.15) is 168 Å². The van der Waals surface area contributed by atoms with Crippen LogP contribution in [0.3, 0.4) is 0 Å². The third-order valence-electron chi connectivity index (χ3n) is 8.09. The fourth-order valence-corrected chi connectivity index (χ4v) is 5.30. The molecule has 0 aliphatic rings. The lowest BCUT2D eigenvalue weighted by molar-refractivity contribution is 0.260. The average Bonchev–Trinajstić information content (AvgIpc) is 3.38. The van der Waals surface area contributed by atoms with E-state index in [0.29, 0.717) is 0 Å². The number of hydrogen-bond acceptors (Lipinski definition) is 2. The first-order chi connectivity index (χ1) is 21.8. The van der Waals surface area contributed by atoms with E-state index in [0.717, 1.165) is 50.4 Å². The number of hydrogen-bond donors (Lipinski definition) is 0. The number of nitrogens with zero attached hydrogens (tertiary/aromatic N) is 1. The van der Waals surface area contributed by atoms with Crippen LogP contribution in [0.4, 0.5) is 0 Å². The van der Waals surface area contributed by atoms with Crippen LogP contribution in [-0.2, 0) is 7.05 Å². The van der Waals surface area contributed by atoms with Gasteiger partial charge in [-0.2, -0.15) is 0 Å². The van der Waals surface area contributed by atoms with Gasteiger partial charge in [-0.15, -0.1) is 0 Å². The largest absolute Gasteiger partial charge is 0.488 e. The molecule has 0 radical (unpaired) electrons. The third kappa shape index (κ3) is 26.3. The molecular formula is C41H71NO2. The van der Waals surface area contributed by atoms with Gasteiger partial charge >= 0.3 is 0 Å². The van der Waals surface area contributed by atoms with Gasteiger partial charge in [0.25, 0.3) is 0 Å². The van der Waals surface area contributed by atoms with E-state index in [1.165, 1.54) is 128 Å². The second kappa shape index (κ2) is 32.2. The summed E-state index contributed by atoms with van der Waals surface area (Å²) in [4.78, 5) is 0. The summed E-state index contributed by atoms with van der Waals surface area (Å²) >= 11 is 0. The molecule has 1 rings (SSSR count). The number of ether oxygens (including phenoxy) is 2. The highest BCUT2D eigenvalue weighted by molar-refractivity contribution is 5.37. The molecule has 0 aliphatic carbocycles. The number of aryl methyl sites for hydroxylation is 1. The van der Waals surface area contributed by atoms with Crippen LogP contribution in [0.5, 0.6) is 11.5 Å². The van der Waals surface area contributed by atoms with Crippen LogP contribution in [0.15, 0.2) is 61.0 Å². The van der Waals surface area contributed by atoms with Crippen LogP contribution in [0.2, 0.25) is 0 Å². The van der Waals surface area contributed by atoms with Crippen molar-refractivity contribution in [3.8, 4) is 11.5 Å². The number of unbranched alkanes of at least 4 members (excludes halogenated alkanes) is 18. The number of allylic oxidation sites excluding steroid dienone is 8. The topological polar surface area (TPSA) is 23.4 Å². The molecule has 0 unspecified atom stereocenters. The molecule has 0 spiro atoms. The summed E-state index contributed by atoms with van der Waals surface area (Å²) in [5.74, 6) is 1.80. The zero-order valence-electron chi connectivity index (χ0n) is 29.4. The number of rotatable bonds is 32. The fourth-order valence-electron chi connectivity index (χ4n) is 5.30. The molecule has 0 amide bonds. The van der Waals surface area contributed by atoms with E-state index in [9.17, 15) is 0 Å². The Balaban J connectivity index is 1.95. The molecule has 0 fully saturated rings. The van der Waals surface area contributed by atoms with E-state index >= 15 is 0 Å². The van der Waals surface area contributed by atoms with E-state index in [2.05, 4.69) is 62.5 Å². The van der Waals surface area contributed by atoms with Crippen LogP contribution in [0, 0.1) is 0 Å². The normalized spacial score (nSPS) is 12.2. The maximum atomic E-state index is 6.09. The third-order valence-corrected chi connectivity index (χ3v) is 8.09.